The number of anilines is 2. The van der Waals surface area contributed by atoms with Crippen molar-refractivity contribution in [3.8, 4) is 11.1 Å². The molecular formula is C14H18N4S2. The Morgan fingerprint density at radius 1 is 1.40 bits per heavy atom. The quantitative estimate of drug-likeness (QED) is 0.905. The molecule has 0 aliphatic carbocycles. The summed E-state index contributed by atoms with van der Waals surface area (Å²) in [6.07, 6.45) is 6.14. The highest BCUT2D eigenvalue weighted by molar-refractivity contribution is 8.00. The molecular weight excluding hydrogens is 288 g/mol. The Kier molecular flexibility index (Phi) is 3.85. The van der Waals surface area contributed by atoms with Crippen LogP contribution in [-0.4, -0.2) is 26.4 Å². The van der Waals surface area contributed by atoms with Crippen molar-refractivity contribution in [3.63, 3.8) is 0 Å². The lowest BCUT2D eigenvalue weighted by Gasteiger charge is -2.23. The molecule has 20 heavy (non-hydrogen) atoms. The summed E-state index contributed by atoms with van der Waals surface area (Å²) in [5.41, 5.74) is 8.10. The third-order valence-electron chi connectivity index (χ3n) is 3.61. The molecule has 1 atom stereocenters. The van der Waals surface area contributed by atoms with Crippen LogP contribution in [0.5, 0.6) is 0 Å². The molecule has 1 unspecified atom stereocenters. The van der Waals surface area contributed by atoms with Crippen molar-refractivity contribution >= 4 is 34.1 Å². The van der Waals surface area contributed by atoms with E-state index in [1.165, 1.54) is 30.1 Å². The Balaban J connectivity index is 1.81. The van der Waals surface area contributed by atoms with Crippen LogP contribution in [0.1, 0.15) is 19.8 Å². The first-order valence-corrected chi connectivity index (χ1v) is 8.47. The average molecular weight is 306 g/mol. The minimum Gasteiger partial charge on any atom is -0.382 e. The van der Waals surface area contributed by atoms with Gasteiger partial charge in [0.2, 0.25) is 0 Å². The standard InChI is InChI=1S/C14H18N4S2/c1-14(5-2-8-19-14)9-17-13-11(12(15)18-20-13)10-3-6-16-7-4-10/h3-4,6-7,17H,2,5,8-9H2,1H3,(H2,15,18). The van der Waals surface area contributed by atoms with E-state index in [9.17, 15) is 0 Å². The maximum absolute atomic E-state index is 6.02. The van der Waals surface area contributed by atoms with Gasteiger partial charge >= 0.3 is 0 Å². The van der Waals surface area contributed by atoms with Crippen LogP contribution in [-0.2, 0) is 0 Å². The lowest BCUT2D eigenvalue weighted by Crippen LogP contribution is -2.26. The second kappa shape index (κ2) is 5.61. The second-order valence-corrected chi connectivity index (χ2v) is 7.72. The van der Waals surface area contributed by atoms with Gasteiger partial charge in [0.05, 0.1) is 5.56 Å². The minimum atomic E-state index is 0.328. The summed E-state index contributed by atoms with van der Waals surface area (Å²) in [5, 5.41) is 4.61. The molecule has 3 N–H and O–H groups in total. The van der Waals surface area contributed by atoms with E-state index in [1.54, 1.807) is 12.4 Å². The van der Waals surface area contributed by atoms with E-state index in [2.05, 4.69) is 33.4 Å². The van der Waals surface area contributed by atoms with Crippen molar-refractivity contribution in [3.05, 3.63) is 24.5 Å². The smallest absolute Gasteiger partial charge is 0.147 e. The first-order valence-electron chi connectivity index (χ1n) is 6.71. The van der Waals surface area contributed by atoms with Gasteiger partial charge in [0, 0.05) is 23.7 Å². The van der Waals surface area contributed by atoms with Crippen molar-refractivity contribution in [2.45, 2.75) is 24.5 Å². The molecule has 1 fully saturated rings. The van der Waals surface area contributed by atoms with Crippen molar-refractivity contribution in [2.24, 2.45) is 0 Å². The fourth-order valence-corrected chi connectivity index (χ4v) is 4.44. The molecule has 3 rings (SSSR count). The van der Waals surface area contributed by atoms with Gasteiger partial charge in [-0.3, -0.25) is 4.98 Å². The SMILES string of the molecule is CC1(CNc2snc(N)c2-c2ccncc2)CCCS1. The first-order chi connectivity index (χ1) is 9.68. The van der Waals surface area contributed by atoms with Crippen LogP contribution < -0.4 is 11.1 Å². The Bertz CT molecular complexity index is 576. The summed E-state index contributed by atoms with van der Waals surface area (Å²) in [6.45, 7) is 3.28. The average Bonchev–Trinajstić information content (AvgIpc) is 3.05. The summed E-state index contributed by atoms with van der Waals surface area (Å²) in [4.78, 5) is 4.05. The summed E-state index contributed by atoms with van der Waals surface area (Å²) in [7, 11) is 0. The topological polar surface area (TPSA) is 63.8 Å². The van der Waals surface area contributed by atoms with Crippen LogP contribution in [0.2, 0.25) is 0 Å². The molecule has 0 amide bonds. The lowest BCUT2D eigenvalue weighted by atomic mass is 10.1. The molecule has 0 spiro atoms. The zero-order valence-corrected chi connectivity index (χ0v) is 13.1. The summed E-state index contributed by atoms with van der Waals surface area (Å²) < 4.78 is 4.62. The van der Waals surface area contributed by atoms with Crippen LogP contribution in [0.4, 0.5) is 10.8 Å². The van der Waals surface area contributed by atoms with E-state index in [1.807, 2.05) is 12.1 Å². The van der Waals surface area contributed by atoms with E-state index in [0.717, 1.165) is 22.7 Å². The fourth-order valence-electron chi connectivity index (χ4n) is 2.46. The number of pyridine rings is 1. The zero-order chi connectivity index (χ0) is 14.0. The predicted octanol–water partition coefficient (Wildman–Crippen LogP) is 3.48. The lowest BCUT2D eigenvalue weighted by molar-refractivity contribution is 0.635. The maximum Gasteiger partial charge on any atom is 0.147 e. The van der Waals surface area contributed by atoms with Gasteiger partial charge in [-0.2, -0.15) is 16.1 Å². The number of thioether (sulfide) groups is 1. The number of hydrogen-bond donors (Lipinski definition) is 2. The van der Waals surface area contributed by atoms with E-state index < -0.39 is 0 Å². The Hall–Kier alpha value is -1.27. The molecule has 1 aliphatic heterocycles. The van der Waals surface area contributed by atoms with Crippen LogP contribution in [0.15, 0.2) is 24.5 Å². The van der Waals surface area contributed by atoms with Gasteiger partial charge in [-0.05, 0) is 54.7 Å². The number of nitrogen functional groups attached to an aromatic ring is 1. The Morgan fingerprint density at radius 2 is 2.20 bits per heavy atom. The number of nitrogens with two attached hydrogens (primary N) is 1. The summed E-state index contributed by atoms with van der Waals surface area (Å²) in [6, 6.07) is 3.94. The van der Waals surface area contributed by atoms with Gasteiger partial charge in [0.25, 0.3) is 0 Å². The highest BCUT2D eigenvalue weighted by Crippen LogP contribution is 2.40. The second-order valence-electron chi connectivity index (χ2n) is 5.26. The number of hydrogen-bond acceptors (Lipinski definition) is 6. The predicted molar refractivity (Wildman–Crippen MR) is 88.3 cm³/mol. The molecule has 0 aromatic carbocycles. The molecule has 3 heterocycles. The molecule has 2 aromatic rings. The van der Waals surface area contributed by atoms with Crippen molar-refractivity contribution in [2.75, 3.05) is 23.3 Å². The monoisotopic (exact) mass is 306 g/mol. The molecule has 0 bridgehead atoms. The number of nitrogens with zero attached hydrogens (tertiary/aromatic N) is 2. The normalized spacial score (nSPS) is 22.1. The van der Waals surface area contributed by atoms with Gasteiger partial charge < -0.3 is 11.1 Å². The van der Waals surface area contributed by atoms with Crippen LogP contribution in [0, 0.1) is 0 Å². The van der Waals surface area contributed by atoms with Crippen molar-refractivity contribution in [1.29, 1.82) is 0 Å². The maximum atomic E-state index is 6.02. The Labute approximate surface area is 127 Å². The van der Waals surface area contributed by atoms with Gasteiger partial charge in [0.15, 0.2) is 0 Å². The molecule has 106 valence electrons. The van der Waals surface area contributed by atoms with E-state index in [4.69, 9.17) is 5.73 Å². The third kappa shape index (κ3) is 2.76. The molecule has 0 saturated carbocycles. The highest BCUT2D eigenvalue weighted by Gasteiger charge is 2.29. The van der Waals surface area contributed by atoms with Crippen LogP contribution in [0.3, 0.4) is 0 Å². The summed E-state index contributed by atoms with van der Waals surface area (Å²) >= 11 is 3.49. The minimum absolute atomic E-state index is 0.328. The Morgan fingerprint density at radius 3 is 2.90 bits per heavy atom. The van der Waals surface area contributed by atoms with Gasteiger partial charge in [0.1, 0.15) is 10.8 Å². The largest absolute Gasteiger partial charge is 0.382 e. The molecule has 0 radical (unpaired) electrons. The van der Waals surface area contributed by atoms with Crippen molar-refractivity contribution in [1.82, 2.24) is 9.36 Å². The van der Waals surface area contributed by atoms with E-state index >= 15 is 0 Å². The van der Waals surface area contributed by atoms with Crippen molar-refractivity contribution < 1.29 is 0 Å². The summed E-state index contributed by atoms with van der Waals surface area (Å²) in [5.74, 6) is 1.85. The highest BCUT2D eigenvalue weighted by atomic mass is 32.2. The molecule has 6 heteroatoms. The number of aromatic nitrogens is 2. The fraction of sp³-hybridized carbons (Fsp3) is 0.429. The molecule has 1 saturated heterocycles. The van der Waals surface area contributed by atoms with Gasteiger partial charge in [-0.15, -0.1) is 0 Å². The number of nitrogens with one attached hydrogen (secondary N) is 1. The molecule has 4 nitrogen and oxygen atoms in total. The number of rotatable bonds is 4. The van der Waals surface area contributed by atoms with E-state index in [0.29, 0.717) is 10.6 Å². The zero-order valence-electron chi connectivity index (χ0n) is 11.4. The molecule has 2 aromatic heterocycles. The third-order valence-corrected chi connectivity index (χ3v) is 5.97. The van der Waals surface area contributed by atoms with E-state index in [-0.39, 0.29) is 0 Å². The van der Waals surface area contributed by atoms with Crippen LogP contribution in [0.25, 0.3) is 11.1 Å². The van der Waals surface area contributed by atoms with Gasteiger partial charge in [-0.25, -0.2) is 0 Å². The first kappa shape index (κ1) is 13.7. The molecule has 1 aliphatic rings. The van der Waals surface area contributed by atoms with Gasteiger partial charge in [-0.1, -0.05) is 0 Å². The van der Waals surface area contributed by atoms with Crippen LogP contribution >= 0.6 is 23.3 Å².